The van der Waals surface area contributed by atoms with Gasteiger partial charge < -0.3 is 4.90 Å². The van der Waals surface area contributed by atoms with Crippen LogP contribution in [0.4, 0.5) is 0 Å². The predicted octanol–water partition coefficient (Wildman–Crippen LogP) is 4.28. The van der Waals surface area contributed by atoms with E-state index in [1.165, 1.54) is 11.3 Å². The summed E-state index contributed by atoms with van der Waals surface area (Å²) in [5, 5.41) is 2.51. The number of hydrogen-bond acceptors (Lipinski definition) is 3. The van der Waals surface area contributed by atoms with Gasteiger partial charge in [-0.15, -0.1) is 11.3 Å². The van der Waals surface area contributed by atoms with Crippen LogP contribution in [0.2, 0.25) is 5.02 Å². The van der Waals surface area contributed by atoms with Crippen LogP contribution in [0.1, 0.15) is 39.3 Å². The first-order valence-electron chi connectivity index (χ1n) is 7.28. The Morgan fingerprint density at radius 3 is 2.68 bits per heavy atom. The van der Waals surface area contributed by atoms with Gasteiger partial charge in [0.15, 0.2) is 5.78 Å². The third kappa shape index (κ3) is 3.23. The zero-order valence-corrected chi connectivity index (χ0v) is 13.6. The summed E-state index contributed by atoms with van der Waals surface area (Å²) in [7, 11) is 0. The van der Waals surface area contributed by atoms with Crippen molar-refractivity contribution < 1.29 is 9.59 Å². The lowest BCUT2D eigenvalue weighted by molar-refractivity contribution is 0.0717. The summed E-state index contributed by atoms with van der Waals surface area (Å²) in [6.45, 7) is 0.712. The van der Waals surface area contributed by atoms with Gasteiger partial charge >= 0.3 is 0 Å². The minimum absolute atomic E-state index is 0.00206. The predicted molar refractivity (Wildman–Crippen MR) is 88.8 cm³/mol. The minimum atomic E-state index is -0.0156. The fraction of sp³-hybridized carbons (Fsp3) is 0.294. The quantitative estimate of drug-likeness (QED) is 0.783. The summed E-state index contributed by atoms with van der Waals surface area (Å²) in [4.78, 5) is 27.5. The molecule has 1 saturated heterocycles. The zero-order chi connectivity index (χ0) is 15.5. The molecule has 1 aliphatic heterocycles. The van der Waals surface area contributed by atoms with Gasteiger partial charge in [-0.25, -0.2) is 0 Å². The van der Waals surface area contributed by atoms with Crippen molar-refractivity contribution in [2.45, 2.75) is 25.3 Å². The van der Waals surface area contributed by atoms with Gasteiger partial charge in [0, 0.05) is 29.6 Å². The highest BCUT2D eigenvalue weighted by molar-refractivity contribution is 7.12. The Bertz CT molecular complexity index is 666. The molecule has 1 aliphatic rings. The van der Waals surface area contributed by atoms with Crippen LogP contribution >= 0.6 is 22.9 Å². The molecule has 0 saturated carbocycles. The molecule has 1 atom stereocenters. The van der Waals surface area contributed by atoms with Crippen LogP contribution in [0.5, 0.6) is 0 Å². The second kappa shape index (κ2) is 6.63. The number of nitrogens with zero attached hydrogens (tertiary/aromatic N) is 1. The number of thiophene rings is 1. The van der Waals surface area contributed by atoms with Crippen LogP contribution < -0.4 is 0 Å². The number of rotatable bonds is 4. The zero-order valence-electron chi connectivity index (χ0n) is 12.0. The molecule has 114 valence electrons. The third-order valence-electron chi connectivity index (χ3n) is 3.95. The number of amides is 1. The highest BCUT2D eigenvalue weighted by Crippen LogP contribution is 2.25. The van der Waals surface area contributed by atoms with Gasteiger partial charge in [0.25, 0.3) is 5.91 Å². The molecule has 0 bridgehead atoms. The molecule has 22 heavy (non-hydrogen) atoms. The van der Waals surface area contributed by atoms with Crippen LogP contribution in [0.25, 0.3) is 0 Å². The van der Waals surface area contributed by atoms with Gasteiger partial charge in [-0.3, -0.25) is 9.59 Å². The largest absolute Gasteiger partial charge is 0.335 e. The molecule has 0 spiro atoms. The van der Waals surface area contributed by atoms with Crippen molar-refractivity contribution in [1.82, 2.24) is 4.90 Å². The van der Waals surface area contributed by atoms with Gasteiger partial charge in [-0.1, -0.05) is 17.7 Å². The van der Waals surface area contributed by atoms with E-state index < -0.39 is 0 Å². The van der Waals surface area contributed by atoms with Gasteiger partial charge in [0.2, 0.25) is 0 Å². The van der Waals surface area contributed by atoms with Crippen LogP contribution in [-0.2, 0) is 0 Å². The van der Waals surface area contributed by atoms with Crippen molar-refractivity contribution in [3.8, 4) is 0 Å². The first kappa shape index (κ1) is 15.3. The average Bonchev–Trinajstić information content (AvgIpc) is 3.18. The molecule has 1 aromatic heterocycles. The molecule has 3 rings (SSSR count). The van der Waals surface area contributed by atoms with Crippen LogP contribution in [0, 0.1) is 0 Å². The molecule has 1 aromatic carbocycles. The Balaban J connectivity index is 1.71. The standard InChI is InChI=1S/C17H16ClNO2S/c18-13-7-5-12(6-8-13)17(21)19-9-1-3-14(19)11-15(20)16-4-2-10-22-16/h2,4-8,10,14H,1,3,9,11H2/t14-/m0/s1. The number of hydrogen-bond donors (Lipinski definition) is 0. The van der Waals surface area contributed by atoms with Crippen molar-refractivity contribution in [2.75, 3.05) is 6.54 Å². The highest BCUT2D eigenvalue weighted by atomic mass is 35.5. The van der Waals surface area contributed by atoms with E-state index in [4.69, 9.17) is 11.6 Å². The SMILES string of the molecule is O=C(C[C@@H]1CCCN1C(=O)c1ccc(Cl)cc1)c1cccs1. The van der Waals surface area contributed by atoms with E-state index in [9.17, 15) is 9.59 Å². The molecular formula is C17H16ClNO2S. The van der Waals surface area contributed by atoms with Gasteiger partial charge in [0.05, 0.1) is 4.88 Å². The van der Waals surface area contributed by atoms with Crippen LogP contribution in [0.3, 0.4) is 0 Å². The van der Waals surface area contributed by atoms with E-state index in [0.717, 1.165) is 17.7 Å². The summed E-state index contributed by atoms with van der Waals surface area (Å²) < 4.78 is 0. The number of likely N-dealkylation sites (tertiary alicyclic amines) is 1. The molecule has 0 N–H and O–H groups in total. The molecule has 1 amide bonds. The molecule has 0 unspecified atom stereocenters. The summed E-state index contributed by atoms with van der Waals surface area (Å²) in [6.07, 6.45) is 2.23. The van der Waals surface area contributed by atoms with Crippen molar-refractivity contribution in [1.29, 1.82) is 0 Å². The maximum absolute atomic E-state index is 12.6. The molecule has 0 aliphatic carbocycles. The Hall–Kier alpha value is -1.65. The lowest BCUT2D eigenvalue weighted by Crippen LogP contribution is -2.36. The first-order chi connectivity index (χ1) is 10.6. The van der Waals surface area contributed by atoms with Gasteiger partial charge in [0.1, 0.15) is 0 Å². The molecule has 3 nitrogen and oxygen atoms in total. The summed E-state index contributed by atoms with van der Waals surface area (Å²) in [5.74, 6) is 0.106. The third-order valence-corrected chi connectivity index (χ3v) is 5.11. The van der Waals surface area contributed by atoms with Crippen LogP contribution in [0.15, 0.2) is 41.8 Å². The van der Waals surface area contributed by atoms with E-state index in [2.05, 4.69) is 0 Å². The number of benzene rings is 1. The van der Waals surface area contributed by atoms with Gasteiger partial charge in [-0.2, -0.15) is 0 Å². The van der Waals surface area contributed by atoms with Crippen molar-refractivity contribution >= 4 is 34.6 Å². The number of ketones is 1. The summed E-state index contributed by atoms with van der Waals surface area (Å²) in [6, 6.07) is 10.6. The summed E-state index contributed by atoms with van der Waals surface area (Å²) >= 11 is 7.32. The fourth-order valence-corrected chi connectivity index (χ4v) is 3.63. The van der Waals surface area contributed by atoms with Crippen LogP contribution in [-0.4, -0.2) is 29.2 Å². The second-order valence-electron chi connectivity index (χ2n) is 5.41. The maximum atomic E-state index is 12.6. The lowest BCUT2D eigenvalue weighted by atomic mass is 10.1. The monoisotopic (exact) mass is 333 g/mol. The lowest BCUT2D eigenvalue weighted by Gasteiger charge is -2.24. The second-order valence-corrected chi connectivity index (χ2v) is 6.79. The number of carbonyl (C=O) groups excluding carboxylic acids is 2. The van der Waals surface area contributed by atoms with E-state index in [-0.39, 0.29) is 17.7 Å². The molecule has 0 radical (unpaired) electrons. The normalized spacial score (nSPS) is 17.7. The van der Waals surface area contributed by atoms with Crippen molar-refractivity contribution in [3.63, 3.8) is 0 Å². The molecule has 2 heterocycles. The Labute approximate surface area is 138 Å². The number of carbonyl (C=O) groups is 2. The Kier molecular flexibility index (Phi) is 4.60. The molecule has 5 heteroatoms. The van der Waals surface area contributed by atoms with Crippen molar-refractivity contribution in [2.24, 2.45) is 0 Å². The number of halogens is 1. The summed E-state index contributed by atoms with van der Waals surface area (Å²) in [5.41, 5.74) is 0.625. The topological polar surface area (TPSA) is 37.4 Å². The molecule has 2 aromatic rings. The smallest absolute Gasteiger partial charge is 0.254 e. The molecular weight excluding hydrogens is 318 g/mol. The Morgan fingerprint density at radius 1 is 1.23 bits per heavy atom. The Morgan fingerprint density at radius 2 is 2.00 bits per heavy atom. The highest BCUT2D eigenvalue weighted by Gasteiger charge is 2.31. The van der Waals surface area contributed by atoms with E-state index in [1.807, 2.05) is 22.4 Å². The fourth-order valence-electron chi connectivity index (χ4n) is 2.83. The van der Waals surface area contributed by atoms with E-state index in [0.29, 0.717) is 23.6 Å². The minimum Gasteiger partial charge on any atom is -0.335 e. The first-order valence-corrected chi connectivity index (χ1v) is 8.54. The van der Waals surface area contributed by atoms with Gasteiger partial charge in [-0.05, 0) is 48.6 Å². The van der Waals surface area contributed by atoms with Crippen molar-refractivity contribution in [3.05, 3.63) is 57.2 Å². The maximum Gasteiger partial charge on any atom is 0.254 e. The molecule has 1 fully saturated rings. The van der Waals surface area contributed by atoms with E-state index in [1.54, 1.807) is 24.3 Å². The average molecular weight is 334 g/mol. The number of Topliss-reactive ketones (excluding diaryl/α,β-unsaturated/α-hetero) is 1. The van der Waals surface area contributed by atoms with E-state index >= 15 is 0 Å².